The quantitative estimate of drug-likeness (QED) is 0.832. The van der Waals surface area contributed by atoms with Gasteiger partial charge in [0.2, 0.25) is 0 Å². The predicted octanol–water partition coefficient (Wildman–Crippen LogP) is 2.01. The molecule has 1 amide bonds. The van der Waals surface area contributed by atoms with E-state index in [1.54, 1.807) is 33.0 Å². The molecular formula is C19H25N3O5. The Bertz CT molecular complexity index is 868. The summed E-state index contributed by atoms with van der Waals surface area (Å²) in [5.74, 6) is -0.397. The van der Waals surface area contributed by atoms with Crippen LogP contribution in [0.1, 0.15) is 43.1 Å². The summed E-state index contributed by atoms with van der Waals surface area (Å²) in [6.07, 6.45) is 2.21. The number of pyridine rings is 1. The molecular weight excluding hydrogens is 350 g/mol. The van der Waals surface area contributed by atoms with Crippen molar-refractivity contribution >= 4 is 23.0 Å². The van der Waals surface area contributed by atoms with Crippen molar-refractivity contribution < 1.29 is 24.2 Å². The number of carbonyl (C=O) groups is 2. The van der Waals surface area contributed by atoms with Crippen LogP contribution < -0.4 is 5.32 Å². The summed E-state index contributed by atoms with van der Waals surface area (Å²) < 4.78 is 12.0. The van der Waals surface area contributed by atoms with Gasteiger partial charge in [0, 0.05) is 19.0 Å². The lowest BCUT2D eigenvalue weighted by Gasteiger charge is -2.28. The third kappa shape index (κ3) is 4.12. The molecule has 0 spiro atoms. The number of hydrogen-bond acceptors (Lipinski definition) is 6. The Hall–Kier alpha value is -2.45. The van der Waals surface area contributed by atoms with E-state index in [1.165, 1.54) is 10.8 Å². The van der Waals surface area contributed by atoms with E-state index in [0.29, 0.717) is 24.1 Å². The van der Waals surface area contributed by atoms with Gasteiger partial charge in [-0.15, -0.1) is 0 Å². The normalized spacial score (nSPS) is 20.5. The largest absolute Gasteiger partial charge is 0.443 e. The van der Waals surface area contributed by atoms with Crippen LogP contribution in [0.25, 0.3) is 11.0 Å². The molecule has 146 valence electrons. The molecule has 27 heavy (non-hydrogen) atoms. The molecule has 0 radical (unpaired) electrons. The second kappa shape index (κ2) is 7.28. The number of aliphatic hydroxyl groups excluding tert-OH is 1. The van der Waals surface area contributed by atoms with Crippen LogP contribution in [0.15, 0.2) is 18.5 Å². The molecule has 0 unspecified atom stereocenters. The van der Waals surface area contributed by atoms with E-state index in [1.807, 2.05) is 6.92 Å². The molecule has 1 aliphatic heterocycles. The van der Waals surface area contributed by atoms with E-state index >= 15 is 0 Å². The minimum absolute atomic E-state index is 0.183. The van der Waals surface area contributed by atoms with Crippen molar-refractivity contribution in [2.75, 3.05) is 13.2 Å². The third-order valence-electron chi connectivity index (χ3n) is 4.36. The van der Waals surface area contributed by atoms with Gasteiger partial charge < -0.3 is 19.9 Å². The molecule has 8 heteroatoms. The lowest BCUT2D eigenvalue weighted by molar-refractivity contribution is -0.0260. The fraction of sp³-hybridized carbons (Fsp3) is 0.526. The van der Waals surface area contributed by atoms with E-state index in [0.717, 1.165) is 5.56 Å². The minimum atomic E-state index is -0.767. The molecule has 1 fully saturated rings. The average Bonchev–Trinajstić information content (AvgIpc) is 2.97. The van der Waals surface area contributed by atoms with Gasteiger partial charge in [-0.25, -0.2) is 9.36 Å². The van der Waals surface area contributed by atoms with Gasteiger partial charge in [0.15, 0.2) is 0 Å². The first-order chi connectivity index (χ1) is 12.7. The molecule has 0 saturated carbocycles. The number of fused-ring (bicyclic) bond motifs is 1. The van der Waals surface area contributed by atoms with Gasteiger partial charge >= 0.3 is 6.09 Å². The number of rotatable bonds is 2. The zero-order valence-corrected chi connectivity index (χ0v) is 16.0. The first kappa shape index (κ1) is 19.3. The molecule has 0 aliphatic carbocycles. The number of aromatic nitrogens is 2. The fourth-order valence-electron chi connectivity index (χ4n) is 3.07. The molecule has 3 heterocycles. The van der Waals surface area contributed by atoms with Crippen LogP contribution in [0.3, 0.4) is 0 Å². The molecule has 2 N–H and O–H groups in total. The van der Waals surface area contributed by atoms with Crippen molar-refractivity contribution in [3.63, 3.8) is 0 Å². The molecule has 8 nitrogen and oxygen atoms in total. The van der Waals surface area contributed by atoms with Crippen molar-refractivity contribution in [2.24, 2.45) is 0 Å². The Morgan fingerprint density at radius 3 is 2.81 bits per heavy atom. The first-order valence-corrected chi connectivity index (χ1v) is 8.94. The maximum Gasteiger partial charge on any atom is 0.419 e. The SMILES string of the molecule is Cc1ccnc2c(C(=O)N[C@@H]3CCOC[C@H]3O)cn(C(=O)OC(C)(C)C)c12. The fourth-order valence-corrected chi connectivity index (χ4v) is 3.07. The van der Waals surface area contributed by atoms with E-state index in [2.05, 4.69) is 10.3 Å². The molecule has 1 saturated heterocycles. The Balaban J connectivity index is 1.97. The third-order valence-corrected chi connectivity index (χ3v) is 4.36. The zero-order chi connectivity index (χ0) is 19.8. The summed E-state index contributed by atoms with van der Waals surface area (Å²) in [7, 11) is 0. The van der Waals surface area contributed by atoms with E-state index in [9.17, 15) is 14.7 Å². The summed E-state index contributed by atoms with van der Waals surface area (Å²) in [4.78, 5) is 29.8. The summed E-state index contributed by atoms with van der Waals surface area (Å²) >= 11 is 0. The summed E-state index contributed by atoms with van der Waals surface area (Å²) in [6.45, 7) is 7.83. The minimum Gasteiger partial charge on any atom is -0.443 e. The molecule has 1 aliphatic rings. The molecule has 2 aromatic heterocycles. The molecule has 2 atom stereocenters. The predicted molar refractivity (Wildman–Crippen MR) is 98.8 cm³/mol. The maximum absolute atomic E-state index is 12.8. The van der Waals surface area contributed by atoms with E-state index in [-0.39, 0.29) is 12.2 Å². The van der Waals surface area contributed by atoms with Crippen molar-refractivity contribution in [3.05, 3.63) is 29.6 Å². The molecule has 2 aromatic rings. The highest BCUT2D eigenvalue weighted by Gasteiger charge is 2.29. The highest BCUT2D eigenvalue weighted by atomic mass is 16.6. The second-order valence-electron chi connectivity index (χ2n) is 7.73. The Kier molecular flexibility index (Phi) is 5.21. The van der Waals surface area contributed by atoms with Gasteiger partial charge in [-0.2, -0.15) is 0 Å². The molecule has 0 bridgehead atoms. The van der Waals surface area contributed by atoms with Gasteiger partial charge in [0.05, 0.1) is 29.8 Å². The Morgan fingerprint density at radius 1 is 1.41 bits per heavy atom. The van der Waals surface area contributed by atoms with E-state index < -0.39 is 29.7 Å². The first-order valence-electron chi connectivity index (χ1n) is 8.94. The number of ether oxygens (including phenoxy) is 2. The number of nitrogens with one attached hydrogen (secondary N) is 1. The highest BCUT2D eigenvalue weighted by molar-refractivity contribution is 6.08. The van der Waals surface area contributed by atoms with Crippen LogP contribution in [0, 0.1) is 6.92 Å². The summed E-state index contributed by atoms with van der Waals surface area (Å²) in [5.41, 5.74) is 1.34. The number of aryl methyl sites for hydroxylation is 1. The van der Waals surface area contributed by atoms with Crippen LogP contribution in [-0.4, -0.2) is 57.6 Å². The summed E-state index contributed by atoms with van der Waals surface area (Å²) in [5, 5.41) is 12.8. The smallest absolute Gasteiger partial charge is 0.419 e. The van der Waals surface area contributed by atoms with E-state index in [4.69, 9.17) is 9.47 Å². The van der Waals surface area contributed by atoms with Crippen molar-refractivity contribution in [1.82, 2.24) is 14.9 Å². The van der Waals surface area contributed by atoms with Gasteiger partial charge in [-0.1, -0.05) is 0 Å². The zero-order valence-electron chi connectivity index (χ0n) is 16.0. The number of nitrogens with zero attached hydrogens (tertiary/aromatic N) is 2. The van der Waals surface area contributed by atoms with Gasteiger partial charge in [0.1, 0.15) is 11.1 Å². The Morgan fingerprint density at radius 2 is 2.15 bits per heavy atom. The molecule has 3 rings (SSSR count). The maximum atomic E-state index is 12.8. The highest BCUT2D eigenvalue weighted by Crippen LogP contribution is 2.24. The van der Waals surface area contributed by atoms with Gasteiger partial charge in [-0.05, 0) is 45.7 Å². The lowest BCUT2D eigenvalue weighted by atomic mass is 10.1. The molecule has 0 aromatic carbocycles. The average molecular weight is 375 g/mol. The number of amides is 1. The number of aliphatic hydroxyl groups is 1. The number of hydrogen-bond donors (Lipinski definition) is 2. The Labute approximate surface area is 157 Å². The van der Waals surface area contributed by atoms with Crippen molar-refractivity contribution in [2.45, 2.75) is 51.9 Å². The van der Waals surface area contributed by atoms with Crippen molar-refractivity contribution in [1.29, 1.82) is 0 Å². The topological polar surface area (TPSA) is 103 Å². The van der Waals surface area contributed by atoms with Crippen molar-refractivity contribution in [3.8, 4) is 0 Å². The lowest BCUT2D eigenvalue weighted by Crippen LogP contribution is -2.48. The van der Waals surface area contributed by atoms with Gasteiger partial charge in [0.25, 0.3) is 5.91 Å². The number of carbonyl (C=O) groups excluding carboxylic acids is 2. The van der Waals surface area contributed by atoms with Crippen LogP contribution in [0.4, 0.5) is 4.79 Å². The van der Waals surface area contributed by atoms with Gasteiger partial charge in [-0.3, -0.25) is 9.78 Å². The van der Waals surface area contributed by atoms with Crippen LogP contribution in [0.2, 0.25) is 0 Å². The second-order valence-corrected chi connectivity index (χ2v) is 7.73. The summed E-state index contributed by atoms with van der Waals surface area (Å²) in [6, 6.07) is 1.36. The monoisotopic (exact) mass is 375 g/mol. The standard InChI is InChI=1S/C19H25N3O5/c1-11-5-7-20-15-12(17(24)21-13-6-8-26-10-14(13)23)9-22(16(11)15)18(25)27-19(2,3)4/h5,7,9,13-14,23H,6,8,10H2,1-4H3,(H,21,24)/t13-,14-/m1/s1. The van der Waals surface area contributed by atoms with Crippen LogP contribution in [-0.2, 0) is 9.47 Å². The van der Waals surface area contributed by atoms with Crippen LogP contribution in [0.5, 0.6) is 0 Å². The van der Waals surface area contributed by atoms with Crippen LogP contribution >= 0.6 is 0 Å².